The predicted molar refractivity (Wildman–Crippen MR) is 129 cm³/mol. The molecule has 0 aliphatic carbocycles. The van der Waals surface area contributed by atoms with Crippen molar-refractivity contribution >= 4 is 23.4 Å². The van der Waals surface area contributed by atoms with Gasteiger partial charge in [-0.3, -0.25) is 30.0 Å². The summed E-state index contributed by atoms with van der Waals surface area (Å²) in [5.74, 6) is -0.788. The fourth-order valence-corrected chi connectivity index (χ4v) is 4.10. The van der Waals surface area contributed by atoms with E-state index >= 15 is 0 Å². The van der Waals surface area contributed by atoms with Gasteiger partial charge in [-0.15, -0.1) is 0 Å². The van der Waals surface area contributed by atoms with Crippen molar-refractivity contribution in [3.8, 4) is 0 Å². The Morgan fingerprint density at radius 2 is 2.15 bits per heavy atom. The zero-order valence-corrected chi connectivity index (χ0v) is 18.7. The number of carbonyl (C=O) groups is 1. The first kappa shape index (κ1) is 22.7. The predicted octanol–water partition coefficient (Wildman–Crippen LogP) is 3.29. The lowest BCUT2D eigenvalue weighted by Crippen LogP contribution is -2.34. The molecule has 2 N–H and O–H groups in total. The van der Waals surface area contributed by atoms with E-state index in [1.807, 2.05) is 46.6 Å². The van der Waals surface area contributed by atoms with Crippen LogP contribution in [0.1, 0.15) is 30.9 Å². The van der Waals surface area contributed by atoms with Gasteiger partial charge < -0.3 is 5.11 Å². The van der Waals surface area contributed by atoms with E-state index < -0.39 is 5.97 Å². The van der Waals surface area contributed by atoms with Crippen LogP contribution in [0.3, 0.4) is 0 Å². The van der Waals surface area contributed by atoms with Gasteiger partial charge in [0.1, 0.15) is 6.10 Å². The third kappa shape index (κ3) is 5.85. The number of hydroxylamine groups is 1. The molecule has 8 nitrogen and oxygen atoms in total. The lowest BCUT2D eigenvalue weighted by Gasteiger charge is -2.26. The van der Waals surface area contributed by atoms with E-state index in [9.17, 15) is 4.79 Å². The summed E-state index contributed by atoms with van der Waals surface area (Å²) < 4.78 is 0. The van der Waals surface area contributed by atoms with Gasteiger partial charge in [-0.05, 0) is 31.0 Å². The maximum atomic E-state index is 10.9. The molecule has 1 aromatic carbocycles. The SMILES string of the molecule is CCN(N=Cc1ccccc1C1=CNOC1CC1=CCN(CC(=O)O)CC1)c1ccncc1. The molecule has 0 bridgehead atoms. The molecule has 1 unspecified atom stereocenters. The number of rotatable bonds is 9. The van der Waals surface area contributed by atoms with Gasteiger partial charge in [0.25, 0.3) is 0 Å². The Morgan fingerprint density at radius 3 is 2.88 bits per heavy atom. The maximum Gasteiger partial charge on any atom is 0.317 e. The molecule has 0 amide bonds. The van der Waals surface area contributed by atoms with E-state index in [1.165, 1.54) is 5.57 Å². The molecule has 2 aliphatic rings. The molecule has 0 fully saturated rings. The summed E-state index contributed by atoms with van der Waals surface area (Å²) in [6, 6.07) is 12.0. The lowest BCUT2D eigenvalue weighted by atomic mass is 9.92. The second-order valence-electron chi connectivity index (χ2n) is 8.02. The first-order valence-electron chi connectivity index (χ1n) is 11.2. The van der Waals surface area contributed by atoms with Crippen LogP contribution in [0.4, 0.5) is 5.69 Å². The van der Waals surface area contributed by atoms with Crippen LogP contribution in [0.25, 0.3) is 5.57 Å². The Morgan fingerprint density at radius 1 is 1.33 bits per heavy atom. The number of hydrogen-bond donors (Lipinski definition) is 2. The molecule has 0 saturated heterocycles. The molecular weight excluding hydrogens is 418 g/mol. The van der Waals surface area contributed by atoms with Crippen molar-refractivity contribution in [1.82, 2.24) is 15.4 Å². The van der Waals surface area contributed by atoms with Gasteiger partial charge in [0.15, 0.2) is 0 Å². The van der Waals surface area contributed by atoms with Gasteiger partial charge in [-0.25, -0.2) is 0 Å². The second-order valence-corrected chi connectivity index (χ2v) is 8.02. The van der Waals surface area contributed by atoms with Crippen LogP contribution in [0, 0.1) is 0 Å². The number of benzene rings is 1. The average Bonchev–Trinajstić information content (AvgIpc) is 3.29. The number of anilines is 1. The Labute approximate surface area is 193 Å². The fraction of sp³-hybridized carbons (Fsp3) is 0.320. The van der Waals surface area contributed by atoms with Crippen LogP contribution in [-0.4, -0.2) is 59.5 Å². The topological polar surface area (TPSA) is 90.3 Å². The molecule has 33 heavy (non-hydrogen) atoms. The van der Waals surface area contributed by atoms with Crippen molar-refractivity contribution in [3.05, 3.63) is 77.8 Å². The first-order chi connectivity index (χ1) is 16.1. The molecule has 1 aromatic heterocycles. The number of aromatic nitrogens is 1. The minimum Gasteiger partial charge on any atom is -0.480 e. The summed E-state index contributed by atoms with van der Waals surface area (Å²) >= 11 is 0. The third-order valence-corrected chi connectivity index (χ3v) is 5.83. The van der Waals surface area contributed by atoms with Crippen LogP contribution in [0.15, 0.2) is 71.7 Å². The summed E-state index contributed by atoms with van der Waals surface area (Å²) in [5.41, 5.74) is 8.38. The maximum absolute atomic E-state index is 10.9. The molecule has 0 saturated carbocycles. The zero-order chi connectivity index (χ0) is 23.0. The first-order valence-corrected chi connectivity index (χ1v) is 11.2. The summed E-state index contributed by atoms with van der Waals surface area (Å²) in [4.78, 5) is 22.8. The van der Waals surface area contributed by atoms with Crippen molar-refractivity contribution in [2.75, 3.05) is 31.2 Å². The summed E-state index contributed by atoms with van der Waals surface area (Å²) in [6.07, 6.45) is 11.0. The minimum atomic E-state index is -0.788. The summed E-state index contributed by atoms with van der Waals surface area (Å²) in [7, 11) is 0. The van der Waals surface area contributed by atoms with Crippen LogP contribution in [-0.2, 0) is 9.63 Å². The quantitative estimate of drug-likeness (QED) is 0.346. The van der Waals surface area contributed by atoms with E-state index in [0.717, 1.165) is 48.3 Å². The number of pyridine rings is 1. The number of hydrogen-bond acceptors (Lipinski definition) is 7. The average molecular weight is 448 g/mol. The van der Waals surface area contributed by atoms with Crippen molar-refractivity contribution in [2.45, 2.75) is 25.9 Å². The normalized spacial score (nSPS) is 18.6. The largest absolute Gasteiger partial charge is 0.480 e. The third-order valence-electron chi connectivity index (χ3n) is 5.83. The summed E-state index contributed by atoms with van der Waals surface area (Å²) in [5, 5.41) is 15.6. The molecule has 3 heterocycles. The smallest absolute Gasteiger partial charge is 0.317 e. The Hall–Kier alpha value is -3.49. The van der Waals surface area contributed by atoms with E-state index in [1.54, 1.807) is 12.4 Å². The number of hydrazone groups is 1. The van der Waals surface area contributed by atoms with Crippen molar-refractivity contribution in [2.24, 2.45) is 5.10 Å². The van der Waals surface area contributed by atoms with Crippen molar-refractivity contribution < 1.29 is 14.7 Å². The van der Waals surface area contributed by atoms with Gasteiger partial charge in [0, 0.05) is 55.8 Å². The molecule has 172 valence electrons. The van der Waals surface area contributed by atoms with Crippen LogP contribution in [0.5, 0.6) is 0 Å². The zero-order valence-electron chi connectivity index (χ0n) is 18.7. The van der Waals surface area contributed by atoms with Gasteiger partial charge in [0.05, 0.1) is 18.4 Å². The highest BCUT2D eigenvalue weighted by Gasteiger charge is 2.26. The van der Waals surface area contributed by atoms with Crippen LogP contribution < -0.4 is 10.5 Å². The highest BCUT2D eigenvalue weighted by molar-refractivity contribution is 5.90. The highest BCUT2D eigenvalue weighted by Crippen LogP contribution is 2.31. The minimum absolute atomic E-state index is 0.0808. The molecule has 1 atom stereocenters. The summed E-state index contributed by atoms with van der Waals surface area (Å²) in [6.45, 7) is 4.30. The Bertz CT molecular complexity index is 1050. The van der Waals surface area contributed by atoms with Gasteiger partial charge in [0.2, 0.25) is 0 Å². The van der Waals surface area contributed by atoms with E-state index in [4.69, 9.17) is 15.0 Å². The monoisotopic (exact) mass is 447 g/mol. The van der Waals surface area contributed by atoms with Gasteiger partial charge >= 0.3 is 5.97 Å². The molecule has 4 rings (SSSR count). The number of carboxylic acid groups (broad SMARTS) is 1. The molecule has 0 radical (unpaired) electrons. The van der Waals surface area contributed by atoms with Crippen LogP contribution >= 0.6 is 0 Å². The van der Waals surface area contributed by atoms with Crippen molar-refractivity contribution in [3.63, 3.8) is 0 Å². The number of aliphatic carboxylic acids is 1. The molecule has 0 spiro atoms. The standard InChI is InChI=1S/C25H29N5O3/c1-2-30(21-7-11-26-12-8-21)27-16-20-5-3-4-6-22(20)23-17-28-33-24(23)15-19-9-13-29(14-10-19)18-25(31)32/h3-9,11-12,16-17,24,28H,2,10,13-15,18H2,1H3,(H,31,32). The number of carboxylic acids is 1. The van der Waals surface area contributed by atoms with E-state index in [0.29, 0.717) is 6.54 Å². The Balaban J connectivity index is 1.48. The van der Waals surface area contributed by atoms with Gasteiger partial charge in [-0.2, -0.15) is 5.10 Å². The molecule has 8 heteroatoms. The van der Waals surface area contributed by atoms with Crippen molar-refractivity contribution in [1.29, 1.82) is 0 Å². The Kier molecular flexibility index (Phi) is 7.49. The number of nitrogens with zero attached hydrogens (tertiary/aromatic N) is 4. The van der Waals surface area contributed by atoms with Gasteiger partial charge in [-0.1, -0.05) is 35.9 Å². The molecule has 2 aliphatic heterocycles. The van der Waals surface area contributed by atoms with Crippen LogP contribution in [0.2, 0.25) is 0 Å². The van der Waals surface area contributed by atoms with E-state index in [-0.39, 0.29) is 12.6 Å². The second kappa shape index (κ2) is 10.9. The number of nitrogens with one attached hydrogen (secondary N) is 1. The van der Waals surface area contributed by atoms with E-state index in [2.05, 4.69) is 35.6 Å². The molecular formula is C25H29N5O3. The fourth-order valence-electron chi connectivity index (χ4n) is 4.10. The highest BCUT2D eigenvalue weighted by atomic mass is 16.7. The lowest BCUT2D eigenvalue weighted by molar-refractivity contribution is -0.138. The molecule has 2 aromatic rings.